The van der Waals surface area contributed by atoms with E-state index in [1.165, 1.54) is 0 Å². The van der Waals surface area contributed by atoms with Crippen molar-refractivity contribution < 1.29 is 5.11 Å². The molecule has 3 aliphatic heterocycles. The Morgan fingerprint density at radius 1 is 0.939 bits per heavy atom. The van der Waals surface area contributed by atoms with Crippen molar-refractivity contribution in [2.24, 2.45) is 0 Å². The van der Waals surface area contributed by atoms with Gasteiger partial charge >= 0.3 is 0 Å². The van der Waals surface area contributed by atoms with E-state index in [4.69, 9.17) is 0 Å². The summed E-state index contributed by atoms with van der Waals surface area (Å²) >= 11 is 0. The molecule has 0 amide bonds. The van der Waals surface area contributed by atoms with Crippen LogP contribution in [0.3, 0.4) is 0 Å². The molecule has 0 spiro atoms. The molecular weight excluding hydrogens is 418 g/mol. The number of aromatic hydroxyl groups is 1. The Morgan fingerprint density at radius 2 is 1.76 bits per heavy atom. The number of para-hydroxylation sites is 1. The fourth-order valence-corrected chi connectivity index (χ4v) is 4.86. The number of nitrogens with one attached hydrogen (secondary N) is 2. The number of hydrogen-bond donors (Lipinski definition) is 3. The van der Waals surface area contributed by atoms with E-state index in [0.717, 1.165) is 75.5 Å². The maximum atomic E-state index is 10.2. The second-order valence-electron chi connectivity index (χ2n) is 8.63. The minimum atomic E-state index is 0.207. The summed E-state index contributed by atoms with van der Waals surface area (Å²) < 4.78 is 0. The Hall–Kier alpha value is -3.66. The average Bonchev–Trinajstić information content (AvgIpc) is 2.89. The van der Waals surface area contributed by atoms with E-state index in [0.29, 0.717) is 11.3 Å². The van der Waals surface area contributed by atoms with Crippen molar-refractivity contribution >= 4 is 23.1 Å². The van der Waals surface area contributed by atoms with E-state index in [9.17, 15) is 5.11 Å². The highest BCUT2D eigenvalue weighted by Gasteiger charge is 2.34. The molecule has 170 valence electrons. The van der Waals surface area contributed by atoms with Crippen LogP contribution in [0.25, 0.3) is 11.3 Å². The third-order valence-electron chi connectivity index (χ3n) is 6.64. The number of benzene rings is 1. The first-order chi connectivity index (χ1) is 16.3. The molecule has 2 saturated heterocycles. The Kier molecular flexibility index (Phi) is 5.06. The summed E-state index contributed by atoms with van der Waals surface area (Å²) in [5, 5.41) is 25.8. The topological polar surface area (TPSA) is 106 Å². The molecule has 0 unspecified atom stereocenters. The lowest BCUT2D eigenvalue weighted by molar-refractivity contribution is 0.477. The van der Waals surface area contributed by atoms with Crippen molar-refractivity contribution in [1.29, 1.82) is 0 Å². The largest absolute Gasteiger partial charge is 0.507 e. The zero-order chi connectivity index (χ0) is 22.2. The Morgan fingerprint density at radius 3 is 2.58 bits per heavy atom. The first kappa shape index (κ1) is 20.0. The fraction of sp³-hybridized carbons (Fsp3) is 0.391. The van der Waals surface area contributed by atoms with Gasteiger partial charge in [0.05, 0.1) is 35.5 Å². The van der Waals surface area contributed by atoms with Gasteiger partial charge in [-0.05, 0) is 18.2 Å². The molecule has 0 bridgehead atoms. The number of rotatable bonds is 3. The lowest BCUT2D eigenvalue weighted by Gasteiger charge is -2.45. The molecule has 3 N–H and O–H groups in total. The number of phenolic OH excluding ortho intramolecular Hbond substituents is 1. The van der Waals surface area contributed by atoms with Crippen molar-refractivity contribution in [1.82, 2.24) is 25.5 Å². The van der Waals surface area contributed by atoms with Crippen LogP contribution in [0, 0.1) is 0 Å². The van der Waals surface area contributed by atoms with Crippen LogP contribution < -0.4 is 25.3 Å². The predicted octanol–water partition coefficient (Wildman–Crippen LogP) is 1.17. The quantitative estimate of drug-likeness (QED) is 0.544. The maximum Gasteiger partial charge on any atom is 0.225 e. The number of fused-ring (bicyclic) bond motifs is 3. The molecule has 10 nitrogen and oxygen atoms in total. The van der Waals surface area contributed by atoms with Gasteiger partial charge in [-0.1, -0.05) is 12.1 Å². The number of anilines is 4. The summed E-state index contributed by atoms with van der Waals surface area (Å²) in [5.41, 5.74) is 3.46. The van der Waals surface area contributed by atoms with E-state index < -0.39 is 0 Å². The van der Waals surface area contributed by atoms with E-state index in [2.05, 4.69) is 45.5 Å². The SMILES string of the molecule is Oc1ccccc1-c1cc2c(nn1)NC[C@H]1CN(c3ncc(N4CCNCC4)cn3)CCN21. The third kappa shape index (κ3) is 3.76. The normalized spacial score (nSPS) is 20.1. The third-order valence-corrected chi connectivity index (χ3v) is 6.64. The zero-order valence-electron chi connectivity index (χ0n) is 18.4. The van der Waals surface area contributed by atoms with Crippen molar-refractivity contribution in [3.63, 3.8) is 0 Å². The van der Waals surface area contributed by atoms with E-state index in [-0.39, 0.29) is 11.8 Å². The highest BCUT2D eigenvalue weighted by Crippen LogP contribution is 2.36. The lowest BCUT2D eigenvalue weighted by Crippen LogP contribution is -2.58. The molecule has 0 saturated carbocycles. The Balaban J connectivity index is 1.20. The second kappa shape index (κ2) is 8.36. The molecule has 6 rings (SSSR count). The van der Waals surface area contributed by atoms with Gasteiger partial charge in [0.1, 0.15) is 5.75 Å². The van der Waals surface area contributed by atoms with Crippen LogP contribution in [-0.4, -0.2) is 83.7 Å². The summed E-state index contributed by atoms with van der Waals surface area (Å²) in [4.78, 5) is 16.3. The molecule has 0 aliphatic carbocycles. The van der Waals surface area contributed by atoms with Gasteiger partial charge in [0.2, 0.25) is 5.95 Å². The van der Waals surface area contributed by atoms with Gasteiger partial charge in [-0.25, -0.2) is 9.97 Å². The van der Waals surface area contributed by atoms with Crippen LogP contribution in [0.1, 0.15) is 0 Å². The summed E-state index contributed by atoms with van der Waals surface area (Å²) in [6.07, 6.45) is 3.89. The monoisotopic (exact) mass is 445 g/mol. The first-order valence-corrected chi connectivity index (χ1v) is 11.5. The second-order valence-corrected chi connectivity index (χ2v) is 8.63. The molecule has 5 heterocycles. The van der Waals surface area contributed by atoms with E-state index in [1.54, 1.807) is 12.1 Å². The molecule has 1 aromatic carbocycles. The maximum absolute atomic E-state index is 10.2. The van der Waals surface area contributed by atoms with Gasteiger partial charge in [-0.15, -0.1) is 10.2 Å². The molecule has 0 radical (unpaired) electrons. The van der Waals surface area contributed by atoms with Crippen LogP contribution in [0.15, 0.2) is 42.7 Å². The molecule has 3 aromatic rings. The van der Waals surface area contributed by atoms with Gasteiger partial charge in [-0.2, -0.15) is 0 Å². The Bertz CT molecular complexity index is 1130. The highest BCUT2D eigenvalue weighted by molar-refractivity contribution is 5.76. The van der Waals surface area contributed by atoms with Crippen molar-refractivity contribution in [2.45, 2.75) is 6.04 Å². The van der Waals surface area contributed by atoms with Gasteiger partial charge in [0, 0.05) is 57.9 Å². The molecular formula is C23H27N9O. The van der Waals surface area contributed by atoms with Crippen LogP contribution in [-0.2, 0) is 0 Å². The van der Waals surface area contributed by atoms with Crippen molar-refractivity contribution in [3.8, 4) is 17.0 Å². The van der Waals surface area contributed by atoms with Crippen molar-refractivity contribution in [2.75, 3.05) is 72.4 Å². The van der Waals surface area contributed by atoms with E-state index >= 15 is 0 Å². The van der Waals surface area contributed by atoms with Crippen molar-refractivity contribution in [3.05, 3.63) is 42.7 Å². The zero-order valence-corrected chi connectivity index (χ0v) is 18.4. The number of piperazine rings is 2. The molecule has 10 heteroatoms. The molecule has 2 fully saturated rings. The van der Waals surface area contributed by atoms with Gasteiger partial charge < -0.3 is 30.4 Å². The molecule has 2 aromatic heterocycles. The number of phenols is 1. The molecule has 33 heavy (non-hydrogen) atoms. The average molecular weight is 446 g/mol. The van der Waals surface area contributed by atoms with Gasteiger partial charge in [0.25, 0.3) is 0 Å². The number of aromatic nitrogens is 4. The van der Waals surface area contributed by atoms with E-state index in [1.807, 2.05) is 30.6 Å². The van der Waals surface area contributed by atoms with Crippen LogP contribution >= 0.6 is 0 Å². The minimum Gasteiger partial charge on any atom is -0.507 e. The Labute approximate surface area is 192 Å². The fourth-order valence-electron chi connectivity index (χ4n) is 4.86. The number of hydrogen-bond acceptors (Lipinski definition) is 10. The summed E-state index contributed by atoms with van der Waals surface area (Å²) in [5.74, 6) is 1.77. The standard InChI is InChI=1S/C23H27N9O/c33-21-4-2-1-3-18(21)19-11-20-22(29-28-19)25-14-17-15-31(9-10-32(17)20)23-26-12-16(13-27-23)30-7-5-24-6-8-30/h1-4,11-13,17,24,33H,5-10,14-15H2,(H,25,29)/t17-/m0/s1. The minimum absolute atomic E-state index is 0.207. The summed E-state index contributed by atoms with van der Waals surface area (Å²) in [6.45, 7) is 7.25. The van der Waals surface area contributed by atoms with Gasteiger partial charge in [-0.3, -0.25) is 0 Å². The lowest BCUT2D eigenvalue weighted by atomic mass is 10.1. The predicted molar refractivity (Wildman–Crippen MR) is 128 cm³/mol. The van der Waals surface area contributed by atoms with Gasteiger partial charge in [0.15, 0.2) is 5.82 Å². The molecule has 1 atom stereocenters. The summed E-state index contributed by atoms with van der Waals surface area (Å²) in [7, 11) is 0. The molecule has 3 aliphatic rings. The van der Waals surface area contributed by atoms with Crippen LogP contribution in [0.5, 0.6) is 5.75 Å². The number of nitrogens with zero attached hydrogens (tertiary/aromatic N) is 7. The highest BCUT2D eigenvalue weighted by atomic mass is 16.3. The first-order valence-electron chi connectivity index (χ1n) is 11.5. The summed E-state index contributed by atoms with van der Waals surface area (Å²) in [6, 6.07) is 9.51. The van der Waals surface area contributed by atoms with Crippen LogP contribution in [0.4, 0.5) is 23.1 Å². The van der Waals surface area contributed by atoms with Crippen LogP contribution in [0.2, 0.25) is 0 Å². The smallest absolute Gasteiger partial charge is 0.225 e.